The van der Waals surface area contributed by atoms with Gasteiger partial charge in [0.25, 0.3) is 0 Å². The summed E-state index contributed by atoms with van der Waals surface area (Å²) in [7, 11) is 0. The Kier molecular flexibility index (Phi) is 2.96. The standard InChI is InChI=1S/C11H13IN2/c1-3-14-8-11(12-13-14)10-6-4-9(2)5-7-10/h4-8H,3H2,1-2H3. The normalized spacial score (nSPS) is 15.3. The van der Waals surface area contributed by atoms with Crippen molar-refractivity contribution in [2.24, 2.45) is 3.25 Å². The Balaban J connectivity index is 2.25. The van der Waals surface area contributed by atoms with Crippen molar-refractivity contribution in [3.05, 3.63) is 41.6 Å². The van der Waals surface area contributed by atoms with Crippen LogP contribution in [0.25, 0.3) is 3.58 Å². The lowest BCUT2D eigenvalue weighted by atomic mass is 10.1. The van der Waals surface area contributed by atoms with E-state index < -0.39 is 0 Å². The number of rotatable bonds is 2. The Bertz CT molecular complexity index is 379. The van der Waals surface area contributed by atoms with Crippen molar-refractivity contribution in [1.82, 2.24) is 5.01 Å². The highest BCUT2D eigenvalue weighted by Crippen LogP contribution is 2.34. The van der Waals surface area contributed by atoms with Gasteiger partial charge in [0.15, 0.2) is 0 Å². The predicted molar refractivity (Wildman–Crippen MR) is 68.0 cm³/mol. The van der Waals surface area contributed by atoms with E-state index in [4.69, 9.17) is 0 Å². The van der Waals surface area contributed by atoms with Crippen LogP contribution in [-0.2, 0) is 0 Å². The molecule has 0 N–H and O–H groups in total. The average Bonchev–Trinajstić information content (AvgIpc) is 2.67. The summed E-state index contributed by atoms with van der Waals surface area (Å²) in [6, 6.07) is 8.70. The Morgan fingerprint density at radius 2 is 2.00 bits per heavy atom. The van der Waals surface area contributed by atoms with Gasteiger partial charge in [0.2, 0.25) is 0 Å². The van der Waals surface area contributed by atoms with E-state index in [1.165, 1.54) is 14.7 Å². The van der Waals surface area contributed by atoms with Gasteiger partial charge in [0.1, 0.15) is 0 Å². The summed E-state index contributed by atoms with van der Waals surface area (Å²) >= 11 is -0.147. The van der Waals surface area contributed by atoms with E-state index in [-0.39, 0.29) is 21.0 Å². The minimum atomic E-state index is -0.147. The summed E-state index contributed by atoms with van der Waals surface area (Å²) in [5, 5.41) is 2.04. The molecular weight excluding hydrogens is 287 g/mol. The van der Waals surface area contributed by atoms with Crippen LogP contribution < -0.4 is 0 Å². The van der Waals surface area contributed by atoms with Gasteiger partial charge in [-0.05, 0) is 19.4 Å². The second kappa shape index (κ2) is 4.21. The fraction of sp³-hybridized carbons (Fsp3) is 0.273. The molecule has 0 amide bonds. The molecule has 74 valence electrons. The first-order valence-electron chi connectivity index (χ1n) is 4.70. The zero-order valence-electron chi connectivity index (χ0n) is 8.37. The minimum Gasteiger partial charge on any atom is -0.267 e. The smallest absolute Gasteiger partial charge is 0.0574 e. The zero-order chi connectivity index (χ0) is 9.97. The van der Waals surface area contributed by atoms with Crippen LogP contribution in [0.1, 0.15) is 18.1 Å². The highest BCUT2D eigenvalue weighted by atomic mass is 127. The van der Waals surface area contributed by atoms with Crippen molar-refractivity contribution in [2.75, 3.05) is 6.54 Å². The van der Waals surface area contributed by atoms with Crippen LogP contribution in [-0.4, -0.2) is 11.6 Å². The van der Waals surface area contributed by atoms with Crippen LogP contribution in [0.3, 0.4) is 0 Å². The summed E-state index contributed by atoms with van der Waals surface area (Å²) in [6.07, 6.45) is 2.18. The summed E-state index contributed by atoms with van der Waals surface area (Å²) < 4.78 is 5.91. The van der Waals surface area contributed by atoms with Crippen LogP contribution in [0.2, 0.25) is 0 Å². The lowest BCUT2D eigenvalue weighted by Crippen LogP contribution is -2.03. The van der Waals surface area contributed by atoms with Crippen molar-refractivity contribution in [2.45, 2.75) is 13.8 Å². The van der Waals surface area contributed by atoms with E-state index in [1.807, 2.05) is 5.01 Å². The zero-order valence-corrected chi connectivity index (χ0v) is 10.5. The van der Waals surface area contributed by atoms with Gasteiger partial charge in [-0.15, -0.1) is 3.25 Å². The lowest BCUT2D eigenvalue weighted by Gasteiger charge is -2.04. The van der Waals surface area contributed by atoms with Crippen molar-refractivity contribution in [3.63, 3.8) is 0 Å². The SMILES string of the molecule is CCN1C=C(c2ccc(C)cc2)I=N1. The first kappa shape index (κ1) is 9.83. The van der Waals surface area contributed by atoms with Gasteiger partial charge in [-0.3, -0.25) is 5.01 Å². The first-order valence-corrected chi connectivity index (χ1v) is 6.74. The van der Waals surface area contributed by atoms with Gasteiger partial charge in [-0.2, -0.15) is 0 Å². The molecule has 0 spiro atoms. The molecule has 2 rings (SSSR count). The molecule has 1 aliphatic heterocycles. The third-order valence-electron chi connectivity index (χ3n) is 2.14. The molecule has 2 nitrogen and oxygen atoms in total. The van der Waals surface area contributed by atoms with Gasteiger partial charge >= 0.3 is 0 Å². The van der Waals surface area contributed by atoms with Crippen molar-refractivity contribution in [3.8, 4) is 0 Å². The highest BCUT2D eigenvalue weighted by Gasteiger charge is 2.07. The molecule has 0 saturated carbocycles. The monoisotopic (exact) mass is 300 g/mol. The Morgan fingerprint density at radius 1 is 1.29 bits per heavy atom. The summed E-state index contributed by atoms with van der Waals surface area (Å²) in [6.45, 7) is 5.22. The van der Waals surface area contributed by atoms with Crippen molar-refractivity contribution < 1.29 is 0 Å². The molecule has 0 atom stereocenters. The molecule has 3 heteroatoms. The van der Waals surface area contributed by atoms with E-state index in [0.29, 0.717) is 0 Å². The van der Waals surface area contributed by atoms with Crippen LogP contribution >= 0.6 is 21.0 Å². The Morgan fingerprint density at radius 3 is 2.57 bits per heavy atom. The summed E-state index contributed by atoms with van der Waals surface area (Å²) in [4.78, 5) is 0. The fourth-order valence-corrected chi connectivity index (χ4v) is 3.27. The molecule has 0 fully saturated rings. The van der Waals surface area contributed by atoms with Gasteiger partial charge in [0.05, 0.1) is 24.6 Å². The topological polar surface area (TPSA) is 15.6 Å². The molecule has 0 radical (unpaired) electrons. The van der Waals surface area contributed by atoms with E-state index in [2.05, 4.69) is 47.6 Å². The van der Waals surface area contributed by atoms with Crippen LogP contribution in [0.5, 0.6) is 0 Å². The van der Waals surface area contributed by atoms with Gasteiger partial charge in [0, 0.05) is 12.7 Å². The van der Waals surface area contributed by atoms with Crippen molar-refractivity contribution in [1.29, 1.82) is 0 Å². The van der Waals surface area contributed by atoms with E-state index >= 15 is 0 Å². The number of nitrogens with zero attached hydrogens (tertiary/aromatic N) is 2. The van der Waals surface area contributed by atoms with Gasteiger partial charge in [-0.25, -0.2) is 0 Å². The molecule has 0 saturated heterocycles. The van der Waals surface area contributed by atoms with Crippen LogP contribution in [0.15, 0.2) is 33.7 Å². The van der Waals surface area contributed by atoms with E-state index in [0.717, 1.165) is 6.54 Å². The second-order valence-corrected chi connectivity index (χ2v) is 5.33. The molecule has 0 bridgehead atoms. The molecular formula is C11H13IN2. The molecule has 0 aromatic heterocycles. The maximum absolute atomic E-state index is 4.49. The average molecular weight is 300 g/mol. The molecule has 1 aromatic rings. The summed E-state index contributed by atoms with van der Waals surface area (Å²) in [5.74, 6) is 0. The Hall–Kier alpha value is -0.710. The van der Waals surface area contributed by atoms with Crippen molar-refractivity contribution >= 4 is 24.6 Å². The number of aryl methyl sites for hydroxylation is 1. The maximum Gasteiger partial charge on any atom is 0.0574 e. The predicted octanol–water partition coefficient (Wildman–Crippen LogP) is 3.70. The molecule has 1 aromatic carbocycles. The molecule has 1 aliphatic rings. The molecule has 1 heterocycles. The fourth-order valence-electron chi connectivity index (χ4n) is 1.24. The number of benzene rings is 1. The second-order valence-electron chi connectivity index (χ2n) is 3.26. The number of halogens is 1. The van der Waals surface area contributed by atoms with Gasteiger partial charge in [-0.1, -0.05) is 29.8 Å². The highest BCUT2D eigenvalue weighted by molar-refractivity contribution is 14.2. The summed E-state index contributed by atoms with van der Waals surface area (Å²) in [5.41, 5.74) is 2.65. The van der Waals surface area contributed by atoms with E-state index in [1.54, 1.807) is 0 Å². The van der Waals surface area contributed by atoms with E-state index in [9.17, 15) is 0 Å². The molecule has 14 heavy (non-hydrogen) atoms. The number of hydrogen-bond donors (Lipinski definition) is 0. The first-order chi connectivity index (χ1) is 6.79. The molecule has 0 aliphatic carbocycles. The largest absolute Gasteiger partial charge is 0.267 e. The third kappa shape index (κ3) is 2.03. The Labute approximate surface area is 94.8 Å². The lowest BCUT2D eigenvalue weighted by molar-refractivity contribution is 0.442. The maximum atomic E-state index is 4.49. The van der Waals surface area contributed by atoms with Gasteiger partial charge < -0.3 is 0 Å². The number of hydrogen-bond acceptors (Lipinski definition) is 2. The van der Waals surface area contributed by atoms with Crippen LogP contribution in [0.4, 0.5) is 0 Å². The van der Waals surface area contributed by atoms with Crippen LogP contribution in [0, 0.1) is 6.92 Å². The quantitative estimate of drug-likeness (QED) is 0.760. The minimum absolute atomic E-state index is 0.147. The third-order valence-corrected chi connectivity index (χ3v) is 4.33. The molecule has 0 unspecified atom stereocenters.